The van der Waals surface area contributed by atoms with Crippen molar-refractivity contribution in [2.24, 2.45) is 0 Å². The molecule has 40 valence electrons. The Labute approximate surface area is 81.0 Å². The average Bonchev–Trinajstić information content (AvgIpc) is 1.91. The topological polar surface area (TPSA) is 25.8 Å². The van der Waals surface area contributed by atoms with Gasteiger partial charge in [0.2, 0.25) is 0 Å². The van der Waals surface area contributed by atoms with Gasteiger partial charge in [-0.05, 0) is 18.5 Å². The number of aryl methyl sites for hydroxylation is 1. The van der Waals surface area contributed by atoms with Crippen molar-refractivity contribution in [2.75, 3.05) is 0 Å². The fourth-order valence-electron chi connectivity index (χ4n) is 0.232. The third kappa shape index (κ3) is 2.03. The van der Waals surface area contributed by atoms with E-state index in [2.05, 4.69) is 22.2 Å². The Morgan fingerprint density at radius 1 is 1.75 bits per heavy atom. The molecule has 0 fully saturated rings. The summed E-state index contributed by atoms with van der Waals surface area (Å²) in [5, 5.41) is 4.39. The van der Waals surface area contributed by atoms with E-state index in [1.807, 2.05) is 6.92 Å². The molecule has 0 saturated carbocycles. The number of thiol groups is 1. The molecular weight excluding hydrogens is 151 g/mol. The third-order valence-electron chi connectivity index (χ3n) is 0.628. The number of aromatic nitrogens is 2. The molecule has 0 atom stereocenters. The molecule has 0 aliphatic carbocycles. The predicted octanol–water partition coefficient (Wildman–Crippen LogP) is -1.75. The first-order valence-corrected chi connectivity index (χ1v) is 3.00. The van der Waals surface area contributed by atoms with E-state index in [0.29, 0.717) is 0 Å². The van der Waals surface area contributed by atoms with Crippen molar-refractivity contribution < 1.29 is 31.0 Å². The molecule has 0 N–H and O–H groups in total. The molecule has 0 aromatic carbocycles. The van der Waals surface area contributed by atoms with E-state index >= 15 is 0 Å². The van der Waals surface area contributed by atoms with Crippen LogP contribution in [0.25, 0.3) is 0 Å². The van der Waals surface area contributed by atoms with E-state index in [1.54, 1.807) is 0 Å². The maximum absolute atomic E-state index is 3.99. The Morgan fingerprint density at radius 3 is 2.50 bits per heavy atom. The van der Waals surface area contributed by atoms with Crippen LogP contribution in [0.2, 0.25) is 0 Å². The maximum atomic E-state index is 3.99. The Bertz CT molecular complexity index is 152. The second-order valence-electron chi connectivity index (χ2n) is 1.15. The van der Waals surface area contributed by atoms with Crippen LogP contribution in [0.1, 0.15) is 6.30 Å². The quantitative estimate of drug-likeness (QED) is 0.356. The van der Waals surface area contributed by atoms with Gasteiger partial charge >= 0.3 is 29.6 Å². The first-order chi connectivity index (χ1) is 3.30. The minimum Gasteiger partial charge on any atom is -1.00 e. The van der Waals surface area contributed by atoms with Gasteiger partial charge < -0.3 is 1.43 Å². The largest absolute Gasteiger partial charge is 1.00 e. The van der Waals surface area contributed by atoms with E-state index < -0.39 is 0 Å². The van der Waals surface area contributed by atoms with Crippen molar-refractivity contribution in [3.63, 3.8) is 0 Å². The van der Waals surface area contributed by atoms with Gasteiger partial charge in [-0.25, -0.2) is 0 Å². The van der Waals surface area contributed by atoms with Gasteiger partial charge in [-0.1, -0.05) is 4.49 Å². The van der Waals surface area contributed by atoms with Crippen molar-refractivity contribution in [1.82, 2.24) is 9.59 Å². The minimum absolute atomic E-state index is 0. The molecule has 5 heteroatoms. The van der Waals surface area contributed by atoms with Gasteiger partial charge in [0.15, 0.2) is 0 Å². The van der Waals surface area contributed by atoms with Crippen LogP contribution in [-0.4, -0.2) is 9.59 Å². The standard InChI is InChI=1S/C3H4N2S2.Na.H/c1-2-3(6)4-5-7-2;;/h6H,1H3;;/q;+1;-1. The number of rotatable bonds is 0. The molecule has 0 aliphatic rings. The van der Waals surface area contributed by atoms with Crippen LogP contribution >= 0.6 is 24.2 Å². The van der Waals surface area contributed by atoms with Crippen LogP contribution in [-0.2, 0) is 0 Å². The molecule has 1 rings (SSSR count). The first-order valence-electron chi connectivity index (χ1n) is 1.78. The third-order valence-corrected chi connectivity index (χ3v) is 1.83. The molecule has 1 heterocycles. The molecule has 1 aromatic rings. The van der Waals surface area contributed by atoms with E-state index in [9.17, 15) is 0 Å². The van der Waals surface area contributed by atoms with Gasteiger partial charge in [0.1, 0.15) is 5.03 Å². The zero-order valence-electron chi connectivity index (χ0n) is 5.75. The summed E-state index contributed by atoms with van der Waals surface area (Å²) in [6.45, 7) is 1.94. The van der Waals surface area contributed by atoms with Gasteiger partial charge in [0.05, 0.1) is 4.88 Å². The molecule has 1 aromatic heterocycles. The summed E-state index contributed by atoms with van der Waals surface area (Å²) < 4.78 is 3.64. The van der Waals surface area contributed by atoms with Crippen molar-refractivity contribution in [3.8, 4) is 0 Å². The summed E-state index contributed by atoms with van der Waals surface area (Å²) in [4.78, 5) is 1.07. The zero-order chi connectivity index (χ0) is 5.28. The molecule has 0 saturated heterocycles. The summed E-state index contributed by atoms with van der Waals surface area (Å²) in [6, 6.07) is 0. The van der Waals surface area contributed by atoms with Crippen LogP contribution in [0.4, 0.5) is 0 Å². The van der Waals surface area contributed by atoms with Crippen molar-refractivity contribution >= 4 is 24.2 Å². The number of nitrogens with zero attached hydrogens (tertiary/aromatic N) is 2. The Hall–Kier alpha value is 0.910. The van der Waals surface area contributed by atoms with Crippen LogP contribution in [0.5, 0.6) is 0 Å². The van der Waals surface area contributed by atoms with Crippen LogP contribution in [0.15, 0.2) is 5.03 Å². The average molecular weight is 156 g/mol. The molecule has 0 unspecified atom stereocenters. The number of hydrogen-bond donors (Lipinski definition) is 1. The molecule has 2 nitrogen and oxygen atoms in total. The maximum Gasteiger partial charge on any atom is 1.00 e. The van der Waals surface area contributed by atoms with Crippen LogP contribution < -0.4 is 29.6 Å². The van der Waals surface area contributed by atoms with Crippen molar-refractivity contribution in [1.29, 1.82) is 0 Å². The molecular formula is C3H5N2NaS2. The summed E-state index contributed by atoms with van der Waals surface area (Å²) in [5.41, 5.74) is 0. The van der Waals surface area contributed by atoms with Crippen molar-refractivity contribution in [2.45, 2.75) is 11.9 Å². The van der Waals surface area contributed by atoms with Gasteiger partial charge in [0.25, 0.3) is 0 Å². The van der Waals surface area contributed by atoms with Crippen LogP contribution in [0.3, 0.4) is 0 Å². The fourth-order valence-corrected chi connectivity index (χ4v) is 0.827. The first kappa shape index (κ1) is 8.91. The smallest absolute Gasteiger partial charge is 1.00 e. The van der Waals surface area contributed by atoms with E-state index in [4.69, 9.17) is 0 Å². The molecule has 0 bridgehead atoms. The fraction of sp³-hybridized carbons (Fsp3) is 0.333. The van der Waals surface area contributed by atoms with Crippen LogP contribution in [0, 0.1) is 6.92 Å². The Balaban J connectivity index is 0. The van der Waals surface area contributed by atoms with Crippen molar-refractivity contribution in [3.05, 3.63) is 4.88 Å². The monoisotopic (exact) mass is 156 g/mol. The van der Waals surface area contributed by atoms with Gasteiger partial charge in [-0.3, -0.25) is 0 Å². The normalized spacial score (nSPS) is 8.25. The molecule has 0 amide bonds. The summed E-state index contributed by atoms with van der Waals surface area (Å²) in [7, 11) is 0. The summed E-state index contributed by atoms with van der Waals surface area (Å²) >= 11 is 5.35. The Morgan fingerprint density at radius 2 is 2.38 bits per heavy atom. The van der Waals surface area contributed by atoms with E-state index in [1.165, 1.54) is 11.5 Å². The Kier molecular flexibility index (Phi) is 4.28. The van der Waals surface area contributed by atoms with Gasteiger partial charge in [-0.15, -0.1) is 17.7 Å². The van der Waals surface area contributed by atoms with Gasteiger partial charge in [0, 0.05) is 0 Å². The van der Waals surface area contributed by atoms with Gasteiger partial charge in [-0.2, -0.15) is 0 Å². The molecule has 0 spiro atoms. The second kappa shape index (κ2) is 3.85. The minimum atomic E-state index is 0. The van der Waals surface area contributed by atoms with E-state index in [0.717, 1.165) is 9.90 Å². The molecule has 0 radical (unpaired) electrons. The SMILES string of the molecule is Cc1snnc1S.[H-].[Na+]. The number of hydrogen-bond acceptors (Lipinski definition) is 4. The second-order valence-corrected chi connectivity index (χ2v) is 2.53. The van der Waals surface area contributed by atoms with E-state index in [-0.39, 0.29) is 31.0 Å². The zero-order valence-corrected chi connectivity index (χ0v) is 8.46. The molecule has 0 aliphatic heterocycles. The molecule has 8 heavy (non-hydrogen) atoms. The summed E-state index contributed by atoms with van der Waals surface area (Å²) in [5.74, 6) is 0. The summed E-state index contributed by atoms with van der Waals surface area (Å²) in [6.07, 6.45) is 0. The predicted molar refractivity (Wildman–Crippen MR) is 33.0 cm³/mol.